The highest BCUT2D eigenvalue weighted by Crippen LogP contribution is 1.95. The minimum absolute atomic E-state index is 0.242. The molecule has 1 N–H and O–H groups in total. The molecule has 8 heteroatoms. The highest BCUT2D eigenvalue weighted by Gasteiger charge is 2.20. The van der Waals surface area contributed by atoms with Gasteiger partial charge in [0, 0.05) is 6.42 Å². The lowest BCUT2D eigenvalue weighted by molar-refractivity contribution is -0.239. The lowest BCUT2D eigenvalue weighted by atomic mass is 10.2. The number of ether oxygens (including phenoxy) is 1. The molecular formula is C7H8O8. The third kappa shape index (κ3) is 6.16. The number of hydrogen-bond donors (Lipinski definition) is 1. The Hall–Kier alpha value is -1.96. The molecule has 0 aliphatic carbocycles. The van der Waals surface area contributed by atoms with Crippen molar-refractivity contribution in [3.05, 3.63) is 0 Å². The summed E-state index contributed by atoms with van der Waals surface area (Å²) in [6.07, 6.45) is -3.07. The van der Waals surface area contributed by atoms with Crippen molar-refractivity contribution in [2.45, 2.75) is 19.4 Å². The number of Topliss-reactive ketones (excluding diaryl/α,β-unsaturated/α-hetero) is 1. The van der Waals surface area contributed by atoms with Crippen molar-refractivity contribution >= 4 is 24.4 Å². The first kappa shape index (κ1) is 13.0. The molecule has 0 bridgehead atoms. The van der Waals surface area contributed by atoms with Crippen LogP contribution in [0.5, 0.6) is 0 Å². The quantitative estimate of drug-likeness (QED) is 0.162. The molecule has 0 radical (unpaired) electrons. The van der Waals surface area contributed by atoms with Crippen molar-refractivity contribution in [1.29, 1.82) is 0 Å². The summed E-state index contributed by atoms with van der Waals surface area (Å²) < 4.78 is 3.57. The molecule has 0 spiro atoms. The average molecular weight is 220 g/mol. The molecule has 0 rings (SSSR count). The van der Waals surface area contributed by atoms with Crippen molar-refractivity contribution < 1.29 is 38.8 Å². The molecule has 0 aromatic carbocycles. The van der Waals surface area contributed by atoms with Crippen molar-refractivity contribution in [2.75, 3.05) is 0 Å². The average Bonchev–Trinajstić information content (AvgIpc) is 2.13. The topological polar surface area (TPSA) is 116 Å². The van der Waals surface area contributed by atoms with Crippen LogP contribution in [0.3, 0.4) is 0 Å². The van der Waals surface area contributed by atoms with Crippen LogP contribution >= 0.6 is 0 Å². The Balaban J connectivity index is 3.88. The normalized spacial score (nSPS) is 11.1. The van der Waals surface area contributed by atoms with E-state index in [2.05, 4.69) is 14.5 Å². The van der Waals surface area contributed by atoms with Gasteiger partial charge in [-0.1, -0.05) is 0 Å². The molecule has 84 valence electrons. The van der Waals surface area contributed by atoms with E-state index in [0.29, 0.717) is 0 Å². The van der Waals surface area contributed by atoms with E-state index < -0.39 is 30.4 Å². The number of carbonyl (C=O) groups excluding carboxylic acids is 4. The van der Waals surface area contributed by atoms with Crippen LogP contribution in [0.4, 0.5) is 4.79 Å². The number of carbonyl (C=O) groups is 4. The van der Waals surface area contributed by atoms with E-state index >= 15 is 0 Å². The van der Waals surface area contributed by atoms with Gasteiger partial charge in [0.2, 0.25) is 5.78 Å². The molecule has 0 aromatic heterocycles. The number of aliphatic hydroxyl groups is 1. The molecular weight excluding hydrogens is 212 g/mol. The summed E-state index contributed by atoms with van der Waals surface area (Å²) in [6.45, 7) is 1.04. The molecule has 1 atom stereocenters. The van der Waals surface area contributed by atoms with E-state index in [4.69, 9.17) is 5.11 Å². The van der Waals surface area contributed by atoms with Crippen LogP contribution in [-0.2, 0) is 28.9 Å². The Labute approximate surface area is 83.6 Å². The molecule has 0 aromatic rings. The molecule has 0 amide bonds. The fourth-order valence-electron chi connectivity index (χ4n) is 0.529. The van der Waals surface area contributed by atoms with Crippen molar-refractivity contribution in [2.24, 2.45) is 0 Å². The number of aliphatic hydroxyl groups excluding tert-OH is 1. The zero-order chi connectivity index (χ0) is 11.8. The van der Waals surface area contributed by atoms with Crippen LogP contribution < -0.4 is 0 Å². The molecule has 1 unspecified atom stereocenters. The summed E-state index contributed by atoms with van der Waals surface area (Å²) in [5.41, 5.74) is 0. The first-order chi connectivity index (χ1) is 6.97. The van der Waals surface area contributed by atoms with E-state index in [9.17, 15) is 19.2 Å². The highest BCUT2D eigenvalue weighted by atomic mass is 17.2. The molecule has 0 heterocycles. The van der Waals surface area contributed by atoms with Gasteiger partial charge in [0.1, 0.15) is 0 Å². The van der Waals surface area contributed by atoms with E-state index in [0.717, 1.165) is 0 Å². The molecule has 0 aliphatic heterocycles. The van der Waals surface area contributed by atoms with Gasteiger partial charge in [-0.05, 0) is 6.92 Å². The first-order valence-electron chi connectivity index (χ1n) is 3.71. The lowest BCUT2D eigenvalue weighted by Crippen LogP contribution is -2.23. The Morgan fingerprint density at radius 1 is 1.33 bits per heavy atom. The molecule has 0 saturated carbocycles. The lowest BCUT2D eigenvalue weighted by Gasteiger charge is -2.01. The maximum Gasteiger partial charge on any atom is 0.557 e. The van der Waals surface area contributed by atoms with E-state index in [1.165, 1.54) is 6.92 Å². The molecule has 15 heavy (non-hydrogen) atoms. The van der Waals surface area contributed by atoms with Crippen LogP contribution in [0, 0.1) is 0 Å². The third-order valence-corrected chi connectivity index (χ3v) is 1.04. The zero-order valence-corrected chi connectivity index (χ0v) is 7.67. The monoisotopic (exact) mass is 220 g/mol. The number of ketones is 1. The first-order valence-corrected chi connectivity index (χ1v) is 3.71. The number of rotatable bonds is 4. The predicted octanol–water partition coefficient (Wildman–Crippen LogP) is -0.906. The number of hydrogen-bond acceptors (Lipinski definition) is 8. The minimum Gasteiger partial charge on any atom is -0.393 e. The summed E-state index contributed by atoms with van der Waals surface area (Å²) in [4.78, 5) is 48.6. The van der Waals surface area contributed by atoms with Gasteiger partial charge in [-0.25, -0.2) is 14.6 Å². The van der Waals surface area contributed by atoms with Crippen LogP contribution in [0.1, 0.15) is 13.3 Å². The van der Waals surface area contributed by atoms with Gasteiger partial charge < -0.3 is 9.84 Å². The van der Waals surface area contributed by atoms with Crippen molar-refractivity contribution in [3.63, 3.8) is 0 Å². The minimum atomic E-state index is -1.58. The Kier molecular flexibility index (Phi) is 5.64. The van der Waals surface area contributed by atoms with Gasteiger partial charge in [0.05, 0.1) is 6.10 Å². The van der Waals surface area contributed by atoms with Crippen molar-refractivity contribution in [3.8, 4) is 0 Å². The standard InChI is InChI=1S/C7H8O8/c1-4(9)2-5(10)6(11)14-15-7(12)13-3-8/h3-4,9H,2H2,1H3. The third-order valence-electron chi connectivity index (χ3n) is 1.04. The largest absolute Gasteiger partial charge is 0.557 e. The van der Waals surface area contributed by atoms with Crippen molar-refractivity contribution in [1.82, 2.24) is 0 Å². The highest BCUT2D eigenvalue weighted by molar-refractivity contribution is 6.33. The van der Waals surface area contributed by atoms with Crippen LogP contribution in [0.2, 0.25) is 0 Å². The van der Waals surface area contributed by atoms with Gasteiger partial charge in [0.25, 0.3) is 0 Å². The summed E-state index contributed by atoms with van der Waals surface area (Å²) in [5.74, 6) is -2.55. The SMILES string of the molecule is CC(O)CC(=O)C(=O)OOC(=O)OC=O. The molecule has 0 fully saturated rings. The van der Waals surface area contributed by atoms with E-state index in [1.807, 2.05) is 0 Å². The predicted molar refractivity (Wildman–Crippen MR) is 41.0 cm³/mol. The maximum absolute atomic E-state index is 10.8. The van der Waals surface area contributed by atoms with Gasteiger partial charge >= 0.3 is 18.6 Å². The van der Waals surface area contributed by atoms with Gasteiger partial charge in [-0.3, -0.25) is 9.59 Å². The Bertz CT molecular complexity index is 268. The fourth-order valence-corrected chi connectivity index (χ4v) is 0.529. The maximum atomic E-state index is 10.8. The summed E-state index contributed by atoms with van der Waals surface area (Å²) >= 11 is 0. The van der Waals surface area contributed by atoms with Gasteiger partial charge in [-0.2, -0.15) is 4.79 Å². The second-order valence-electron chi connectivity index (χ2n) is 2.39. The Morgan fingerprint density at radius 3 is 2.40 bits per heavy atom. The Morgan fingerprint density at radius 2 is 1.93 bits per heavy atom. The smallest absolute Gasteiger partial charge is 0.393 e. The van der Waals surface area contributed by atoms with Crippen LogP contribution in [0.15, 0.2) is 0 Å². The summed E-state index contributed by atoms with van der Waals surface area (Å²) in [6, 6.07) is 0. The summed E-state index contributed by atoms with van der Waals surface area (Å²) in [5, 5.41) is 8.73. The molecule has 0 aliphatic rings. The van der Waals surface area contributed by atoms with E-state index in [-0.39, 0.29) is 6.47 Å². The summed E-state index contributed by atoms with van der Waals surface area (Å²) in [7, 11) is 0. The molecule has 0 saturated heterocycles. The zero-order valence-electron chi connectivity index (χ0n) is 7.67. The fraction of sp³-hybridized carbons (Fsp3) is 0.429. The van der Waals surface area contributed by atoms with E-state index in [1.54, 1.807) is 0 Å². The van der Waals surface area contributed by atoms with Crippen LogP contribution in [0.25, 0.3) is 0 Å². The van der Waals surface area contributed by atoms with Gasteiger partial charge in [-0.15, -0.1) is 0 Å². The second-order valence-corrected chi connectivity index (χ2v) is 2.39. The van der Waals surface area contributed by atoms with Gasteiger partial charge in [0.15, 0.2) is 0 Å². The molecule has 8 nitrogen and oxygen atoms in total. The second kappa shape index (κ2) is 6.49. The van der Waals surface area contributed by atoms with Crippen LogP contribution in [-0.4, -0.2) is 35.6 Å².